The summed E-state index contributed by atoms with van der Waals surface area (Å²) in [6.45, 7) is 8.84. The summed E-state index contributed by atoms with van der Waals surface area (Å²) in [5.41, 5.74) is 10.1. The van der Waals surface area contributed by atoms with Crippen molar-refractivity contribution in [3.05, 3.63) is 76.5 Å². The zero-order valence-electron chi connectivity index (χ0n) is 18.1. The van der Waals surface area contributed by atoms with Crippen LogP contribution in [0.15, 0.2) is 59.8 Å². The Kier molecular flexibility index (Phi) is 5.22. The van der Waals surface area contributed by atoms with Crippen molar-refractivity contribution in [1.29, 1.82) is 0 Å². The Morgan fingerprint density at radius 1 is 1.13 bits per heavy atom. The van der Waals surface area contributed by atoms with Gasteiger partial charge in [0.05, 0.1) is 5.57 Å². The van der Waals surface area contributed by atoms with Crippen LogP contribution in [0.2, 0.25) is 0 Å². The van der Waals surface area contributed by atoms with E-state index in [1.807, 2.05) is 24.3 Å². The number of nitrogens with zero attached hydrogens (tertiary/aromatic N) is 4. The van der Waals surface area contributed by atoms with Crippen molar-refractivity contribution in [2.45, 2.75) is 45.8 Å². The molecular formula is C23H26N6O2. The molecule has 1 aromatic heterocycles. The van der Waals surface area contributed by atoms with Crippen LogP contribution in [0.1, 0.15) is 50.4 Å². The van der Waals surface area contributed by atoms with Gasteiger partial charge in [0, 0.05) is 5.70 Å². The topological polar surface area (TPSA) is 108 Å². The second kappa shape index (κ2) is 7.86. The number of hydrogen-bond donors (Lipinski definition) is 2. The number of ether oxygens (including phenoxy) is 1. The highest BCUT2D eigenvalue weighted by Gasteiger charge is 2.32. The first-order valence-corrected chi connectivity index (χ1v) is 10.1. The van der Waals surface area contributed by atoms with Crippen molar-refractivity contribution in [3.8, 4) is 5.75 Å². The van der Waals surface area contributed by atoms with E-state index in [0.29, 0.717) is 23.8 Å². The summed E-state index contributed by atoms with van der Waals surface area (Å²) in [6.07, 6.45) is 0. The molecule has 0 saturated heterocycles. The van der Waals surface area contributed by atoms with Crippen molar-refractivity contribution < 1.29 is 9.53 Å². The molecule has 31 heavy (non-hydrogen) atoms. The number of nitrogens with one attached hydrogen (secondary N) is 1. The van der Waals surface area contributed by atoms with Crippen molar-refractivity contribution in [2.75, 3.05) is 5.32 Å². The van der Waals surface area contributed by atoms with Gasteiger partial charge in [0.25, 0.3) is 0 Å². The summed E-state index contributed by atoms with van der Waals surface area (Å²) in [7, 11) is 0. The zero-order chi connectivity index (χ0) is 22.2. The third-order valence-corrected chi connectivity index (χ3v) is 5.40. The van der Waals surface area contributed by atoms with Crippen LogP contribution in [0.4, 0.5) is 5.95 Å². The molecule has 3 aromatic rings. The van der Waals surface area contributed by atoms with Gasteiger partial charge in [0.1, 0.15) is 18.4 Å². The molecule has 8 nitrogen and oxygen atoms in total. The zero-order valence-corrected chi connectivity index (χ0v) is 18.1. The van der Waals surface area contributed by atoms with E-state index in [9.17, 15) is 4.79 Å². The molecule has 160 valence electrons. The largest absolute Gasteiger partial charge is 0.489 e. The second-order valence-electron chi connectivity index (χ2n) is 8.68. The Hall–Kier alpha value is -3.68. The SMILES string of the molecule is CC1=C(C(N)=O)C(c2ccc(OCc3ccc(C(C)(C)C)cc3)cc2)n2nnnc2N1. The maximum absolute atomic E-state index is 12.1. The lowest BCUT2D eigenvalue weighted by Crippen LogP contribution is -2.31. The predicted molar refractivity (Wildman–Crippen MR) is 117 cm³/mol. The van der Waals surface area contributed by atoms with E-state index in [1.54, 1.807) is 11.6 Å². The van der Waals surface area contributed by atoms with Crippen LogP contribution in [-0.2, 0) is 16.8 Å². The van der Waals surface area contributed by atoms with E-state index in [2.05, 4.69) is 65.9 Å². The van der Waals surface area contributed by atoms with E-state index in [4.69, 9.17) is 10.5 Å². The molecule has 1 unspecified atom stereocenters. The molecule has 4 rings (SSSR count). The van der Waals surface area contributed by atoms with E-state index in [-0.39, 0.29) is 5.41 Å². The minimum Gasteiger partial charge on any atom is -0.489 e. The molecule has 2 heterocycles. The van der Waals surface area contributed by atoms with E-state index in [1.165, 1.54) is 5.56 Å². The molecule has 1 aliphatic rings. The molecule has 1 aliphatic heterocycles. The van der Waals surface area contributed by atoms with E-state index >= 15 is 0 Å². The number of aromatic nitrogens is 4. The quantitative estimate of drug-likeness (QED) is 0.658. The Labute approximate surface area is 181 Å². The smallest absolute Gasteiger partial charge is 0.248 e. The monoisotopic (exact) mass is 418 g/mol. The third-order valence-electron chi connectivity index (χ3n) is 5.40. The van der Waals surface area contributed by atoms with Crippen LogP contribution in [0.3, 0.4) is 0 Å². The lowest BCUT2D eigenvalue weighted by atomic mass is 9.87. The van der Waals surface area contributed by atoms with Crippen LogP contribution >= 0.6 is 0 Å². The molecule has 0 fully saturated rings. The molecule has 0 bridgehead atoms. The Morgan fingerprint density at radius 2 is 1.81 bits per heavy atom. The Morgan fingerprint density at radius 3 is 2.42 bits per heavy atom. The van der Waals surface area contributed by atoms with Crippen molar-refractivity contribution >= 4 is 11.9 Å². The van der Waals surface area contributed by atoms with Crippen LogP contribution < -0.4 is 15.8 Å². The van der Waals surface area contributed by atoms with Gasteiger partial charge >= 0.3 is 0 Å². The fourth-order valence-electron chi connectivity index (χ4n) is 3.65. The molecule has 0 aliphatic carbocycles. The number of rotatable bonds is 5. The number of carbonyl (C=O) groups is 1. The molecule has 2 aromatic carbocycles. The van der Waals surface area contributed by atoms with Crippen LogP contribution in [-0.4, -0.2) is 26.1 Å². The number of fused-ring (bicyclic) bond motifs is 1. The first kappa shape index (κ1) is 20.6. The minimum absolute atomic E-state index is 0.125. The van der Waals surface area contributed by atoms with Crippen LogP contribution in [0.5, 0.6) is 5.75 Å². The summed E-state index contributed by atoms with van der Waals surface area (Å²) in [4.78, 5) is 12.1. The van der Waals surface area contributed by atoms with Gasteiger partial charge in [-0.3, -0.25) is 4.79 Å². The minimum atomic E-state index is -0.518. The summed E-state index contributed by atoms with van der Waals surface area (Å²) >= 11 is 0. The average Bonchev–Trinajstić information content (AvgIpc) is 3.19. The number of allylic oxidation sites excluding steroid dienone is 1. The van der Waals surface area contributed by atoms with Gasteiger partial charge in [0.2, 0.25) is 11.9 Å². The number of hydrogen-bond acceptors (Lipinski definition) is 6. The number of carbonyl (C=O) groups excluding carboxylic acids is 1. The van der Waals surface area contributed by atoms with Gasteiger partial charge in [-0.25, -0.2) is 0 Å². The third kappa shape index (κ3) is 4.14. The number of benzene rings is 2. The number of anilines is 1. The number of primary amides is 1. The van der Waals surface area contributed by atoms with Crippen molar-refractivity contribution in [2.24, 2.45) is 5.73 Å². The first-order valence-electron chi connectivity index (χ1n) is 10.1. The van der Waals surface area contributed by atoms with Gasteiger partial charge < -0.3 is 15.8 Å². The van der Waals surface area contributed by atoms with Gasteiger partial charge in [-0.1, -0.05) is 62.3 Å². The summed E-state index contributed by atoms with van der Waals surface area (Å²) in [5, 5.41) is 14.7. The predicted octanol–water partition coefficient (Wildman–Crippen LogP) is 3.32. The molecule has 3 N–H and O–H groups in total. The average molecular weight is 419 g/mol. The van der Waals surface area contributed by atoms with Crippen molar-refractivity contribution in [1.82, 2.24) is 20.2 Å². The lowest BCUT2D eigenvalue weighted by molar-refractivity contribution is -0.115. The fraction of sp³-hybridized carbons (Fsp3) is 0.304. The maximum Gasteiger partial charge on any atom is 0.248 e. The maximum atomic E-state index is 12.1. The van der Waals surface area contributed by atoms with Crippen LogP contribution in [0.25, 0.3) is 0 Å². The second-order valence-corrected chi connectivity index (χ2v) is 8.68. The number of amides is 1. The van der Waals surface area contributed by atoms with Crippen LogP contribution in [0, 0.1) is 0 Å². The highest BCUT2D eigenvalue weighted by molar-refractivity contribution is 5.95. The molecule has 1 atom stereocenters. The van der Waals surface area contributed by atoms with Gasteiger partial charge in [-0.05, 0) is 51.6 Å². The molecule has 0 spiro atoms. The highest BCUT2D eigenvalue weighted by atomic mass is 16.5. The van der Waals surface area contributed by atoms with Gasteiger partial charge in [0.15, 0.2) is 0 Å². The molecule has 0 radical (unpaired) electrons. The fourth-order valence-corrected chi connectivity index (χ4v) is 3.65. The number of tetrazole rings is 1. The van der Waals surface area contributed by atoms with E-state index < -0.39 is 11.9 Å². The lowest BCUT2D eigenvalue weighted by Gasteiger charge is -2.26. The summed E-state index contributed by atoms with van der Waals surface area (Å²) < 4.78 is 7.50. The van der Waals surface area contributed by atoms with Gasteiger partial charge in [-0.2, -0.15) is 4.68 Å². The molecule has 8 heteroatoms. The highest BCUT2D eigenvalue weighted by Crippen LogP contribution is 2.34. The van der Waals surface area contributed by atoms with E-state index in [0.717, 1.165) is 16.9 Å². The van der Waals surface area contributed by atoms with Crippen molar-refractivity contribution in [3.63, 3.8) is 0 Å². The Bertz CT molecular complexity index is 1120. The standard InChI is InChI=1S/C23H26N6O2/c1-14-19(21(24)30)20(29-22(25-14)26-27-28-29)16-7-11-18(12-8-16)31-13-15-5-9-17(10-6-15)23(2,3)4/h5-12,20H,13H2,1-4H3,(H2,24,30)(H,25,26,28). The van der Waals surface area contributed by atoms with Gasteiger partial charge in [-0.15, -0.1) is 0 Å². The molecule has 1 amide bonds. The first-order chi connectivity index (χ1) is 14.7. The molecular weight excluding hydrogens is 392 g/mol. The molecule has 0 saturated carbocycles. The Balaban J connectivity index is 1.51. The summed E-state index contributed by atoms with van der Waals surface area (Å²) in [5.74, 6) is 0.678. The number of nitrogens with two attached hydrogens (primary N) is 1. The summed E-state index contributed by atoms with van der Waals surface area (Å²) in [6, 6.07) is 15.5. The normalized spacial score (nSPS) is 15.9.